The standard InChI is InChI=1S/C17H27NO2/c1-11-5-6-13(9-12(11)2)17(18)15-8-7-14(19-3)10-16(15)20-4/h7-8,10-13,17H,5-6,9,18H2,1-4H3. The molecule has 2 N–H and O–H groups in total. The molecule has 20 heavy (non-hydrogen) atoms. The Morgan fingerprint density at radius 3 is 2.45 bits per heavy atom. The fraction of sp³-hybridized carbons (Fsp3) is 0.647. The molecule has 0 amide bonds. The first kappa shape index (κ1) is 15.2. The molecule has 0 aliphatic heterocycles. The molecule has 0 saturated heterocycles. The summed E-state index contributed by atoms with van der Waals surface area (Å²) in [6.45, 7) is 4.69. The van der Waals surface area contributed by atoms with Crippen LogP contribution in [0.4, 0.5) is 0 Å². The maximum atomic E-state index is 6.52. The Labute approximate surface area is 122 Å². The van der Waals surface area contributed by atoms with E-state index >= 15 is 0 Å². The lowest BCUT2D eigenvalue weighted by atomic mass is 9.72. The van der Waals surface area contributed by atoms with Crippen LogP contribution in [-0.2, 0) is 0 Å². The van der Waals surface area contributed by atoms with Gasteiger partial charge in [-0.15, -0.1) is 0 Å². The number of hydrogen-bond acceptors (Lipinski definition) is 3. The summed E-state index contributed by atoms with van der Waals surface area (Å²) in [4.78, 5) is 0. The highest BCUT2D eigenvalue weighted by atomic mass is 16.5. The molecule has 3 heteroatoms. The predicted octanol–water partition coefficient (Wildman–Crippen LogP) is 3.78. The molecule has 1 saturated carbocycles. The lowest BCUT2D eigenvalue weighted by Gasteiger charge is -2.35. The van der Waals surface area contributed by atoms with Gasteiger partial charge >= 0.3 is 0 Å². The fourth-order valence-corrected chi connectivity index (χ4v) is 3.26. The van der Waals surface area contributed by atoms with Gasteiger partial charge in [-0.3, -0.25) is 0 Å². The Kier molecular flexibility index (Phi) is 4.92. The number of benzene rings is 1. The number of methoxy groups -OCH3 is 2. The third-order valence-corrected chi connectivity index (χ3v) is 4.95. The van der Waals surface area contributed by atoms with Gasteiger partial charge in [-0.1, -0.05) is 26.3 Å². The van der Waals surface area contributed by atoms with Crippen LogP contribution in [0, 0.1) is 17.8 Å². The minimum atomic E-state index is 0.0470. The molecule has 1 aliphatic carbocycles. The summed E-state index contributed by atoms with van der Waals surface area (Å²) in [6.07, 6.45) is 3.69. The molecule has 1 aliphatic rings. The average molecular weight is 277 g/mol. The van der Waals surface area contributed by atoms with E-state index in [0.29, 0.717) is 5.92 Å². The van der Waals surface area contributed by atoms with E-state index in [9.17, 15) is 0 Å². The van der Waals surface area contributed by atoms with E-state index in [0.717, 1.165) is 28.9 Å². The smallest absolute Gasteiger partial charge is 0.127 e. The zero-order valence-electron chi connectivity index (χ0n) is 13.1. The van der Waals surface area contributed by atoms with Gasteiger partial charge in [-0.05, 0) is 36.7 Å². The van der Waals surface area contributed by atoms with Crippen LogP contribution in [0.15, 0.2) is 18.2 Å². The maximum absolute atomic E-state index is 6.52. The minimum absolute atomic E-state index is 0.0470. The molecule has 4 atom stereocenters. The topological polar surface area (TPSA) is 44.5 Å². The van der Waals surface area contributed by atoms with E-state index in [-0.39, 0.29) is 6.04 Å². The Morgan fingerprint density at radius 1 is 1.10 bits per heavy atom. The van der Waals surface area contributed by atoms with Gasteiger partial charge in [0.1, 0.15) is 11.5 Å². The van der Waals surface area contributed by atoms with Gasteiger partial charge in [-0.25, -0.2) is 0 Å². The molecule has 1 aromatic rings. The van der Waals surface area contributed by atoms with E-state index in [1.807, 2.05) is 18.2 Å². The monoisotopic (exact) mass is 277 g/mol. The van der Waals surface area contributed by atoms with E-state index in [1.165, 1.54) is 19.3 Å². The number of ether oxygens (including phenoxy) is 2. The first-order valence-electron chi connectivity index (χ1n) is 7.54. The van der Waals surface area contributed by atoms with E-state index in [2.05, 4.69) is 13.8 Å². The summed E-state index contributed by atoms with van der Waals surface area (Å²) >= 11 is 0. The van der Waals surface area contributed by atoms with Gasteiger partial charge in [0.25, 0.3) is 0 Å². The second-order valence-corrected chi connectivity index (χ2v) is 6.16. The molecule has 0 spiro atoms. The first-order chi connectivity index (χ1) is 9.56. The molecule has 0 bridgehead atoms. The highest BCUT2D eigenvalue weighted by Gasteiger charge is 2.30. The number of rotatable bonds is 4. The third kappa shape index (κ3) is 3.09. The van der Waals surface area contributed by atoms with Crippen LogP contribution in [0.25, 0.3) is 0 Å². The summed E-state index contributed by atoms with van der Waals surface area (Å²) in [5, 5.41) is 0. The Hall–Kier alpha value is -1.22. The normalized spacial score (nSPS) is 27.9. The van der Waals surface area contributed by atoms with Gasteiger partial charge in [-0.2, -0.15) is 0 Å². The molecule has 0 radical (unpaired) electrons. The second kappa shape index (κ2) is 6.49. The van der Waals surface area contributed by atoms with Crippen LogP contribution >= 0.6 is 0 Å². The lowest BCUT2D eigenvalue weighted by molar-refractivity contribution is 0.184. The quantitative estimate of drug-likeness (QED) is 0.911. The third-order valence-electron chi connectivity index (χ3n) is 4.95. The molecule has 0 aromatic heterocycles. The maximum Gasteiger partial charge on any atom is 0.127 e. The van der Waals surface area contributed by atoms with E-state index in [1.54, 1.807) is 14.2 Å². The van der Waals surface area contributed by atoms with Crippen LogP contribution in [0.2, 0.25) is 0 Å². The molecule has 3 nitrogen and oxygen atoms in total. The zero-order chi connectivity index (χ0) is 14.7. The Balaban J connectivity index is 2.18. The lowest BCUT2D eigenvalue weighted by Crippen LogP contribution is -2.29. The van der Waals surface area contributed by atoms with E-state index in [4.69, 9.17) is 15.2 Å². The van der Waals surface area contributed by atoms with Gasteiger partial charge in [0, 0.05) is 17.7 Å². The number of nitrogens with two attached hydrogens (primary N) is 1. The highest BCUT2D eigenvalue weighted by molar-refractivity contribution is 5.42. The SMILES string of the molecule is COc1ccc(C(N)C2CCC(C)C(C)C2)c(OC)c1. The first-order valence-corrected chi connectivity index (χ1v) is 7.54. The zero-order valence-corrected chi connectivity index (χ0v) is 13.1. The van der Waals surface area contributed by atoms with Crippen molar-refractivity contribution < 1.29 is 9.47 Å². The summed E-state index contributed by atoms with van der Waals surface area (Å²) in [7, 11) is 3.36. The molecule has 1 fully saturated rings. The van der Waals surface area contributed by atoms with Crippen LogP contribution in [0.5, 0.6) is 11.5 Å². The van der Waals surface area contributed by atoms with Crippen molar-refractivity contribution in [2.24, 2.45) is 23.5 Å². The molecule has 0 heterocycles. The fourth-order valence-electron chi connectivity index (χ4n) is 3.26. The predicted molar refractivity (Wildman–Crippen MR) is 82.1 cm³/mol. The summed E-state index contributed by atoms with van der Waals surface area (Å²) in [5.74, 6) is 3.76. The van der Waals surface area contributed by atoms with Gasteiger partial charge < -0.3 is 15.2 Å². The summed E-state index contributed by atoms with van der Waals surface area (Å²) in [6, 6.07) is 5.98. The van der Waals surface area contributed by atoms with Gasteiger partial charge in [0.05, 0.1) is 14.2 Å². The van der Waals surface area contributed by atoms with Crippen LogP contribution in [0.3, 0.4) is 0 Å². The average Bonchev–Trinajstić information content (AvgIpc) is 2.48. The van der Waals surface area contributed by atoms with Crippen molar-refractivity contribution in [2.75, 3.05) is 14.2 Å². The number of hydrogen-bond donors (Lipinski definition) is 1. The Bertz CT molecular complexity index is 447. The van der Waals surface area contributed by atoms with Crippen molar-refractivity contribution in [2.45, 2.75) is 39.2 Å². The summed E-state index contributed by atoms with van der Waals surface area (Å²) in [5.41, 5.74) is 7.62. The molecule has 1 aromatic carbocycles. The largest absolute Gasteiger partial charge is 0.497 e. The van der Waals surface area contributed by atoms with Crippen molar-refractivity contribution in [3.63, 3.8) is 0 Å². The van der Waals surface area contributed by atoms with Crippen molar-refractivity contribution in [1.29, 1.82) is 0 Å². The summed E-state index contributed by atoms with van der Waals surface area (Å²) < 4.78 is 10.7. The molecular formula is C17H27NO2. The molecular weight excluding hydrogens is 250 g/mol. The van der Waals surface area contributed by atoms with Crippen molar-refractivity contribution in [3.8, 4) is 11.5 Å². The van der Waals surface area contributed by atoms with Crippen LogP contribution in [0.1, 0.15) is 44.7 Å². The van der Waals surface area contributed by atoms with Crippen molar-refractivity contribution >= 4 is 0 Å². The molecule has 112 valence electrons. The van der Waals surface area contributed by atoms with Gasteiger partial charge in [0.2, 0.25) is 0 Å². The van der Waals surface area contributed by atoms with Crippen molar-refractivity contribution in [1.82, 2.24) is 0 Å². The molecule has 4 unspecified atom stereocenters. The molecule has 2 rings (SSSR count). The highest BCUT2D eigenvalue weighted by Crippen LogP contribution is 2.41. The minimum Gasteiger partial charge on any atom is -0.497 e. The second-order valence-electron chi connectivity index (χ2n) is 6.16. The van der Waals surface area contributed by atoms with Crippen LogP contribution < -0.4 is 15.2 Å². The van der Waals surface area contributed by atoms with Crippen molar-refractivity contribution in [3.05, 3.63) is 23.8 Å². The van der Waals surface area contributed by atoms with Gasteiger partial charge in [0.15, 0.2) is 0 Å². The van der Waals surface area contributed by atoms with E-state index < -0.39 is 0 Å². The Morgan fingerprint density at radius 2 is 1.85 bits per heavy atom. The van der Waals surface area contributed by atoms with Crippen LogP contribution in [-0.4, -0.2) is 14.2 Å².